The highest BCUT2D eigenvalue weighted by molar-refractivity contribution is 5.76. The maximum Gasteiger partial charge on any atom is 0.222 e. The molecule has 2 aromatic rings. The number of morpholine rings is 1. The Labute approximate surface area is 202 Å². The van der Waals surface area contributed by atoms with E-state index < -0.39 is 0 Å². The summed E-state index contributed by atoms with van der Waals surface area (Å²) >= 11 is 0. The molecule has 0 N–H and O–H groups in total. The van der Waals surface area contributed by atoms with Gasteiger partial charge in [-0.25, -0.2) is 9.97 Å². The van der Waals surface area contributed by atoms with Gasteiger partial charge in [-0.15, -0.1) is 0 Å². The number of carbonyl (C=O) groups excluding carboxylic acids is 1. The number of nitrogens with zero attached hydrogens (tertiary/aromatic N) is 4. The van der Waals surface area contributed by atoms with Crippen LogP contribution >= 0.6 is 0 Å². The first-order valence-electron chi connectivity index (χ1n) is 12.8. The Morgan fingerprint density at radius 2 is 1.97 bits per heavy atom. The minimum absolute atomic E-state index is 0.283. The Bertz CT molecular complexity index is 999. The molecule has 5 rings (SSSR count). The number of rotatable bonds is 7. The largest absolute Gasteiger partial charge is 0.497 e. The first-order valence-corrected chi connectivity index (χ1v) is 12.8. The highest BCUT2D eigenvalue weighted by atomic mass is 16.5. The fourth-order valence-corrected chi connectivity index (χ4v) is 5.52. The lowest BCUT2D eigenvalue weighted by atomic mass is 10.00. The van der Waals surface area contributed by atoms with Gasteiger partial charge in [0.05, 0.1) is 32.6 Å². The molecule has 3 aliphatic rings. The van der Waals surface area contributed by atoms with Crippen molar-refractivity contribution in [2.45, 2.75) is 57.9 Å². The summed E-state index contributed by atoms with van der Waals surface area (Å²) in [5.74, 6) is 3.68. The number of methoxy groups -OCH3 is 1. The zero-order valence-corrected chi connectivity index (χ0v) is 20.3. The predicted octanol–water partition coefficient (Wildman–Crippen LogP) is 3.77. The molecule has 34 heavy (non-hydrogen) atoms. The lowest BCUT2D eigenvalue weighted by Crippen LogP contribution is -2.41. The SMILES string of the molecule is COc1cccc(Cc2nc3c(c(N4CCOCC4)n2)CN(C(=O)CCC2CCCC2)CC3)c1. The van der Waals surface area contributed by atoms with Gasteiger partial charge >= 0.3 is 0 Å². The van der Waals surface area contributed by atoms with Crippen LogP contribution in [0.3, 0.4) is 0 Å². The number of hydrogen-bond acceptors (Lipinski definition) is 6. The van der Waals surface area contributed by atoms with E-state index in [4.69, 9.17) is 19.4 Å². The van der Waals surface area contributed by atoms with Crippen LogP contribution in [-0.2, 0) is 28.9 Å². The Kier molecular flexibility index (Phi) is 7.28. The monoisotopic (exact) mass is 464 g/mol. The molecule has 3 heterocycles. The third-order valence-corrected chi connectivity index (χ3v) is 7.49. The van der Waals surface area contributed by atoms with E-state index in [0.717, 1.165) is 72.6 Å². The Morgan fingerprint density at radius 1 is 1.15 bits per heavy atom. The Hall–Kier alpha value is -2.67. The van der Waals surface area contributed by atoms with E-state index in [0.29, 0.717) is 32.6 Å². The number of ether oxygens (including phenoxy) is 2. The van der Waals surface area contributed by atoms with Crippen LogP contribution in [0.4, 0.5) is 5.82 Å². The molecule has 1 saturated heterocycles. The number of amides is 1. The first-order chi connectivity index (χ1) is 16.7. The van der Waals surface area contributed by atoms with Gasteiger partial charge in [0.1, 0.15) is 17.4 Å². The lowest BCUT2D eigenvalue weighted by molar-refractivity contribution is -0.132. The quantitative estimate of drug-likeness (QED) is 0.622. The topological polar surface area (TPSA) is 67.8 Å². The summed E-state index contributed by atoms with van der Waals surface area (Å²) in [6, 6.07) is 8.09. The zero-order chi connectivity index (χ0) is 23.3. The maximum atomic E-state index is 13.1. The van der Waals surface area contributed by atoms with Crippen molar-refractivity contribution < 1.29 is 14.3 Å². The van der Waals surface area contributed by atoms with Gasteiger partial charge in [0, 0.05) is 44.5 Å². The van der Waals surface area contributed by atoms with Gasteiger partial charge in [0.2, 0.25) is 5.91 Å². The average Bonchev–Trinajstić information content (AvgIpc) is 3.41. The second kappa shape index (κ2) is 10.7. The minimum Gasteiger partial charge on any atom is -0.497 e. The maximum absolute atomic E-state index is 13.1. The molecule has 0 unspecified atom stereocenters. The number of carbonyl (C=O) groups is 1. The molecular formula is C27H36N4O3. The molecule has 1 saturated carbocycles. The number of fused-ring (bicyclic) bond motifs is 1. The van der Waals surface area contributed by atoms with Crippen LogP contribution in [0, 0.1) is 5.92 Å². The van der Waals surface area contributed by atoms with Crippen molar-refractivity contribution in [1.29, 1.82) is 0 Å². The fourth-order valence-electron chi connectivity index (χ4n) is 5.52. The van der Waals surface area contributed by atoms with Crippen LogP contribution in [0.5, 0.6) is 5.75 Å². The third kappa shape index (κ3) is 5.35. The van der Waals surface area contributed by atoms with Crippen LogP contribution in [0.25, 0.3) is 0 Å². The van der Waals surface area contributed by atoms with Crippen LogP contribution in [0.1, 0.15) is 61.2 Å². The second-order valence-electron chi connectivity index (χ2n) is 9.77. The Balaban J connectivity index is 1.36. The molecule has 182 valence electrons. The van der Waals surface area contributed by atoms with Gasteiger partial charge in [-0.3, -0.25) is 4.79 Å². The van der Waals surface area contributed by atoms with Crippen LogP contribution < -0.4 is 9.64 Å². The van der Waals surface area contributed by atoms with Gasteiger partial charge in [-0.1, -0.05) is 37.8 Å². The summed E-state index contributed by atoms with van der Waals surface area (Å²) in [6.45, 7) is 4.40. The average molecular weight is 465 g/mol. The zero-order valence-electron chi connectivity index (χ0n) is 20.3. The third-order valence-electron chi connectivity index (χ3n) is 7.49. The highest BCUT2D eigenvalue weighted by Crippen LogP contribution is 2.31. The van der Waals surface area contributed by atoms with Crippen LogP contribution in [0.15, 0.2) is 24.3 Å². The molecule has 0 atom stereocenters. The summed E-state index contributed by atoms with van der Waals surface area (Å²) < 4.78 is 11.0. The number of aromatic nitrogens is 2. The molecule has 0 bridgehead atoms. The Morgan fingerprint density at radius 3 is 2.76 bits per heavy atom. The summed E-state index contributed by atoms with van der Waals surface area (Å²) in [5.41, 5.74) is 3.35. The molecule has 0 radical (unpaired) electrons. The van der Waals surface area contributed by atoms with Crippen molar-refractivity contribution in [2.75, 3.05) is 44.9 Å². The summed E-state index contributed by atoms with van der Waals surface area (Å²) in [6.07, 6.45) is 8.39. The molecule has 1 aromatic heterocycles. The summed E-state index contributed by atoms with van der Waals surface area (Å²) in [7, 11) is 1.69. The van der Waals surface area contributed by atoms with Crippen molar-refractivity contribution in [3.8, 4) is 5.75 Å². The second-order valence-corrected chi connectivity index (χ2v) is 9.77. The van der Waals surface area contributed by atoms with Crippen molar-refractivity contribution in [3.05, 3.63) is 46.9 Å². The number of benzene rings is 1. The summed E-state index contributed by atoms with van der Waals surface area (Å²) in [4.78, 5) is 27.4. The van der Waals surface area contributed by atoms with Crippen LogP contribution in [-0.4, -0.2) is 60.7 Å². The molecule has 0 spiro atoms. The van der Waals surface area contributed by atoms with E-state index in [1.54, 1.807) is 7.11 Å². The lowest BCUT2D eigenvalue weighted by Gasteiger charge is -2.34. The first kappa shape index (κ1) is 23.1. The van der Waals surface area contributed by atoms with E-state index in [1.165, 1.54) is 25.7 Å². The van der Waals surface area contributed by atoms with Crippen molar-refractivity contribution in [2.24, 2.45) is 5.92 Å². The van der Waals surface area contributed by atoms with E-state index in [1.807, 2.05) is 23.1 Å². The molecule has 7 nitrogen and oxygen atoms in total. The van der Waals surface area contributed by atoms with Crippen molar-refractivity contribution in [1.82, 2.24) is 14.9 Å². The van der Waals surface area contributed by atoms with Gasteiger partial charge in [-0.2, -0.15) is 0 Å². The normalized spacial score (nSPS) is 18.7. The standard InChI is InChI=1S/C27H36N4O3/c1-33-22-8-4-7-21(17-22)18-25-28-24-11-12-31(26(32)10-9-20-5-2-3-6-20)19-23(24)27(29-25)30-13-15-34-16-14-30/h4,7-8,17,20H,2-3,5-6,9-16,18-19H2,1H3. The molecule has 2 aliphatic heterocycles. The molecule has 1 aromatic carbocycles. The number of anilines is 1. The molecule has 7 heteroatoms. The molecule has 1 amide bonds. The van der Waals surface area contributed by atoms with E-state index in [-0.39, 0.29) is 5.91 Å². The van der Waals surface area contributed by atoms with Crippen molar-refractivity contribution in [3.63, 3.8) is 0 Å². The highest BCUT2D eigenvalue weighted by Gasteiger charge is 2.29. The molecule has 1 aliphatic carbocycles. The van der Waals surface area contributed by atoms with E-state index in [9.17, 15) is 4.79 Å². The summed E-state index contributed by atoms with van der Waals surface area (Å²) in [5, 5.41) is 0. The molecular weight excluding hydrogens is 428 g/mol. The van der Waals surface area contributed by atoms with Gasteiger partial charge in [0.25, 0.3) is 0 Å². The minimum atomic E-state index is 0.283. The van der Waals surface area contributed by atoms with Gasteiger partial charge < -0.3 is 19.3 Å². The van der Waals surface area contributed by atoms with E-state index >= 15 is 0 Å². The number of hydrogen-bond donors (Lipinski definition) is 0. The van der Waals surface area contributed by atoms with Gasteiger partial charge in [-0.05, 0) is 30.0 Å². The van der Waals surface area contributed by atoms with E-state index in [2.05, 4.69) is 11.0 Å². The van der Waals surface area contributed by atoms with Crippen molar-refractivity contribution >= 4 is 11.7 Å². The fraction of sp³-hybridized carbons (Fsp3) is 0.593. The predicted molar refractivity (Wildman–Crippen MR) is 131 cm³/mol. The smallest absolute Gasteiger partial charge is 0.222 e. The molecule has 2 fully saturated rings. The van der Waals surface area contributed by atoms with Crippen LogP contribution in [0.2, 0.25) is 0 Å². The van der Waals surface area contributed by atoms with Gasteiger partial charge in [0.15, 0.2) is 0 Å².